The van der Waals surface area contributed by atoms with Gasteiger partial charge in [0.25, 0.3) is 0 Å². The lowest BCUT2D eigenvalue weighted by molar-refractivity contribution is 1.01. The summed E-state index contributed by atoms with van der Waals surface area (Å²) in [5.74, 6) is 0. The normalized spacial score (nSPS) is 15.2. The highest BCUT2D eigenvalue weighted by Gasteiger charge is 2.04. The molecule has 0 radical (unpaired) electrons. The van der Waals surface area contributed by atoms with Gasteiger partial charge in [-0.3, -0.25) is 0 Å². The Morgan fingerprint density at radius 1 is 1.00 bits per heavy atom. The van der Waals surface area contributed by atoms with Crippen LogP contribution in [0.3, 0.4) is 0 Å². The molecular formula is C13H11N. The van der Waals surface area contributed by atoms with Crippen LogP contribution in [0.2, 0.25) is 0 Å². The lowest BCUT2D eigenvalue weighted by Gasteiger charge is -1.95. The Morgan fingerprint density at radius 3 is 2.71 bits per heavy atom. The summed E-state index contributed by atoms with van der Waals surface area (Å²) in [7, 11) is 1.82. The Balaban J connectivity index is 2.73. The van der Waals surface area contributed by atoms with E-state index in [4.69, 9.17) is 5.48 Å². The van der Waals surface area contributed by atoms with Crippen molar-refractivity contribution in [3.63, 3.8) is 0 Å². The highest BCUT2D eigenvalue weighted by atomic mass is 14.9. The van der Waals surface area contributed by atoms with Crippen LogP contribution in [-0.4, -0.2) is 4.57 Å². The van der Waals surface area contributed by atoms with Crippen LogP contribution < -0.4 is 0 Å². The molecular weight excluding hydrogens is 170 g/mol. The van der Waals surface area contributed by atoms with E-state index >= 15 is 0 Å². The molecule has 0 amide bonds. The van der Waals surface area contributed by atoms with Gasteiger partial charge in [-0.15, -0.1) is 0 Å². The molecule has 0 aliphatic heterocycles. The molecule has 0 unspecified atom stereocenters. The zero-order chi connectivity index (χ0) is 13.0. The van der Waals surface area contributed by atoms with Gasteiger partial charge in [0.2, 0.25) is 0 Å². The van der Waals surface area contributed by atoms with Crippen molar-refractivity contribution in [2.75, 3.05) is 0 Å². The first kappa shape index (κ1) is 4.65. The number of benzene rings is 2. The molecule has 2 aromatic carbocycles. The maximum Gasteiger partial charge on any atom is 0.0645 e. The molecule has 68 valence electrons. The Kier molecular flexibility index (Phi) is 0.867. The minimum Gasteiger partial charge on any atom is -0.344 e. The van der Waals surface area contributed by atoms with Gasteiger partial charge in [-0.2, -0.15) is 0 Å². The van der Waals surface area contributed by atoms with E-state index in [1.807, 2.05) is 35.9 Å². The van der Waals surface area contributed by atoms with Crippen LogP contribution in [0.4, 0.5) is 0 Å². The Hall–Kier alpha value is -1.76. The van der Waals surface area contributed by atoms with Crippen molar-refractivity contribution in [2.24, 2.45) is 7.05 Å². The van der Waals surface area contributed by atoms with Crippen molar-refractivity contribution in [1.29, 1.82) is 0 Å². The first-order chi connectivity index (χ1) is 8.54. The summed E-state index contributed by atoms with van der Waals surface area (Å²) in [6.07, 6.45) is 0. The number of hydrogen-bond donors (Lipinski definition) is 0. The smallest absolute Gasteiger partial charge is 0.0645 e. The molecule has 0 spiro atoms. The molecule has 0 fully saturated rings. The van der Waals surface area contributed by atoms with Gasteiger partial charge in [-0.25, -0.2) is 0 Å². The summed E-state index contributed by atoms with van der Waals surface area (Å²) < 4.78 is 33.3. The third kappa shape index (κ3) is 0.841. The monoisotopic (exact) mass is 185 g/mol. The quantitative estimate of drug-likeness (QED) is 0.506. The van der Waals surface area contributed by atoms with E-state index in [1.165, 1.54) is 0 Å². The lowest BCUT2D eigenvalue weighted by Crippen LogP contribution is -1.84. The molecule has 1 aromatic heterocycles. The highest BCUT2D eigenvalue weighted by molar-refractivity contribution is 6.07. The van der Waals surface area contributed by atoms with Crippen molar-refractivity contribution in [3.05, 3.63) is 48.4 Å². The van der Waals surface area contributed by atoms with E-state index < -0.39 is 0 Å². The van der Waals surface area contributed by atoms with Crippen molar-refractivity contribution in [3.8, 4) is 0 Å². The second-order valence-electron chi connectivity index (χ2n) is 3.30. The van der Waals surface area contributed by atoms with E-state index in [0.29, 0.717) is 10.9 Å². The number of nitrogens with zero attached hydrogens (tertiary/aromatic N) is 1. The number of fused-ring (bicyclic) bond motifs is 3. The van der Waals surface area contributed by atoms with Crippen LogP contribution in [-0.2, 0) is 7.05 Å². The molecule has 0 atom stereocenters. The number of para-hydroxylation sites is 2. The first-order valence-electron chi connectivity index (χ1n) is 6.47. The van der Waals surface area contributed by atoms with E-state index in [1.54, 1.807) is 0 Å². The summed E-state index contributed by atoms with van der Waals surface area (Å²) in [6, 6.07) is 7.27. The van der Waals surface area contributed by atoms with E-state index in [9.17, 15) is 0 Å². The van der Waals surface area contributed by atoms with Crippen molar-refractivity contribution in [1.82, 2.24) is 4.57 Å². The molecule has 3 rings (SSSR count). The molecule has 0 aliphatic carbocycles. The topological polar surface area (TPSA) is 4.93 Å². The van der Waals surface area contributed by atoms with E-state index in [-0.39, 0.29) is 24.2 Å². The molecule has 1 heterocycles. The number of aryl methyl sites for hydroxylation is 1. The van der Waals surface area contributed by atoms with Crippen molar-refractivity contribution in [2.45, 2.75) is 0 Å². The average molecular weight is 185 g/mol. The maximum absolute atomic E-state index is 8.02. The molecule has 14 heavy (non-hydrogen) atoms. The number of aromatic nitrogens is 1. The van der Waals surface area contributed by atoms with Crippen LogP contribution >= 0.6 is 0 Å². The molecule has 0 aliphatic rings. The summed E-state index contributed by atoms with van der Waals surface area (Å²) >= 11 is 0. The van der Waals surface area contributed by atoms with Gasteiger partial charge >= 0.3 is 0 Å². The van der Waals surface area contributed by atoms with Gasteiger partial charge in [-0.1, -0.05) is 36.3 Å². The van der Waals surface area contributed by atoms with Crippen molar-refractivity contribution < 1.29 is 5.48 Å². The fraction of sp³-hybridized carbons (Fsp3) is 0.0769. The van der Waals surface area contributed by atoms with Crippen LogP contribution in [0.25, 0.3) is 21.8 Å². The SMILES string of the molecule is [2H]c1c([2H])c([2H])c2c(c1[2H])c1ccccc1n2C. The third-order valence-corrected chi connectivity index (χ3v) is 2.54. The van der Waals surface area contributed by atoms with Crippen LogP contribution in [0, 0.1) is 0 Å². The summed E-state index contributed by atoms with van der Waals surface area (Å²) in [6.45, 7) is 0. The van der Waals surface area contributed by atoms with Gasteiger partial charge in [-0.05, 0) is 12.1 Å². The first-order valence-corrected chi connectivity index (χ1v) is 4.47. The predicted octanol–water partition coefficient (Wildman–Crippen LogP) is 3.33. The van der Waals surface area contributed by atoms with Gasteiger partial charge in [0.1, 0.15) is 0 Å². The van der Waals surface area contributed by atoms with Gasteiger partial charge in [0, 0.05) is 28.9 Å². The zero-order valence-corrected chi connectivity index (χ0v) is 7.76. The number of rotatable bonds is 0. The second-order valence-corrected chi connectivity index (χ2v) is 3.30. The number of hydrogen-bond acceptors (Lipinski definition) is 0. The molecule has 0 N–H and O–H groups in total. The molecule has 1 nitrogen and oxygen atoms in total. The molecule has 0 saturated carbocycles. The van der Waals surface area contributed by atoms with E-state index in [2.05, 4.69) is 0 Å². The minimum atomic E-state index is -0.182. The second kappa shape index (κ2) is 2.61. The molecule has 1 heteroatoms. The molecule has 0 saturated heterocycles. The van der Waals surface area contributed by atoms with Gasteiger partial charge in [0.05, 0.1) is 5.48 Å². The summed E-state index contributed by atoms with van der Waals surface area (Å²) in [5, 5.41) is 1.46. The summed E-state index contributed by atoms with van der Waals surface area (Å²) in [5.41, 5.74) is 1.47. The molecule has 0 bridgehead atoms. The average Bonchev–Trinajstić information content (AvgIpc) is 2.68. The highest BCUT2D eigenvalue weighted by Crippen LogP contribution is 2.26. The van der Waals surface area contributed by atoms with Gasteiger partial charge in [0.15, 0.2) is 0 Å². The predicted molar refractivity (Wildman–Crippen MR) is 60.4 cm³/mol. The fourth-order valence-electron chi connectivity index (χ4n) is 1.85. The van der Waals surface area contributed by atoms with Crippen LogP contribution in [0.1, 0.15) is 5.48 Å². The minimum absolute atomic E-state index is 0.0182. The lowest BCUT2D eigenvalue weighted by atomic mass is 10.2. The van der Waals surface area contributed by atoms with E-state index in [0.717, 1.165) is 10.9 Å². The third-order valence-electron chi connectivity index (χ3n) is 2.54. The van der Waals surface area contributed by atoms with Gasteiger partial charge < -0.3 is 4.57 Å². The maximum atomic E-state index is 8.02. The Bertz CT molecular complexity index is 789. The Labute approximate surface area is 88.2 Å². The summed E-state index contributed by atoms with van der Waals surface area (Å²) in [4.78, 5) is 0. The van der Waals surface area contributed by atoms with Crippen molar-refractivity contribution >= 4 is 21.8 Å². The Morgan fingerprint density at radius 2 is 1.79 bits per heavy atom. The zero-order valence-electron chi connectivity index (χ0n) is 11.8. The fourth-order valence-corrected chi connectivity index (χ4v) is 1.85. The van der Waals surface area contributed by atoms with Crippen LogP contribution in [0.15, 0.2) is 48.4 Å². The molecule has 3 aromatic rings. The standard InChI is InChI=1S/C13H11N/c1-14-12-8-4-2-6-10(12)11-7-3-5-9-13(11)14/h2-9H,1H3/i2D,4D,6D,8D. The largest absolute Gasteiger partial charge is 0.344 e. The van der Waals surface area contributed by atoms with Crippen LogP contribution in [0.5, 0.6) is 0 Å².